The van der Waals surface area contributed by atoms with Crippen LogP contribution in [0.2, 0.25) is 0 Å². The predicted molar refractivity (Wildman–Crippen MR) is 87.9 cm³/mol. The molecule has 1 atom stereocenters. The zero-order valence-corrected chi connectivity index (χ0v) is 15.5. The smallest absolute Gasteiger partial charge is 0.297 e. The minimum atomic E-state index is -0.466. The van der Waals surface area contributed by atoms with E-state index in [1.807, 2.05) is 27.7 Å². The first-order valence-corrected chi connectivity index (χ1v) is 8.36. The van der Waals surface area contributed by atoms with Crippen LogP contribution in [0.4, 0.5) is 0 Å². The largest absolute Gasteiger partial charge is 0.348 e. The lowest BCUT2D eigenvalue weighted by molar-refractivity contribution is -0.335. The molecule has 0 bridgehead atoms. The Labute approximate surface area is 131 Å². The molecule has 126 valence electrons. The van der Waals surface area contributed by atoms with Crippen molar-refractivity contribution in [1.82, 2.24) is 0 Å². The Hall–Kier alpha value is -0.570. The van der Waals surface area contributed by atoms with E-state index >= 15 is 0 Å². The van der Waals surface area contributed by atoms with E-state index in [0.717, 1.165) is 38.5 Å². The molecule has 0 aromatic rings. The van der Waals surface area contributed by atoms with Gasteiger partial charge in [0.1, 0.15) is 5.60 Å². The SMILES string of the molecule is CCCCCC(C)(CC)C(=O)OOC(C)(C)CC(C)(C)C. The molecule has 3 nitrogen and oxygen atoms in total. The lowest BCUT2D eigenvalue weighted by Crippen LogP contribution is -2.35. The zero-order valence-electron chi connectivity index (χ0n) is 15.5. The van der Waals surface area contributed by atoms with Gasteiger partial charge < -0.3 is 0 Å². The summed E-state index contributed by atoms with van der Waals surface area (Å²) in [4.78, 5) is 23.0. The molecule has 0 rings (SSSR count). The normalized spacial score (nSPS) is 15.6. The molecule has 0 amide bonds. The Balaban J connectivity index is 4.50. The average molecular weight is 300 g/mol. The highest BCUT2D eigenvalue weighted by molar-refractivity contribution is 5.75. The number of carbonyl (C=O) groups is 1. The van der Waals surface area contributed by atoms with Crippen molar-refractivity contribution in [3.63, 3.8) is 0 Å². The third kappa shape index (κ3) is 8.45. The highest BCUT2D eigenvalue weighted by atomic mass is 17.2. The fourth-order valence-electron chi connectivity index (χ4n) is 2.75. The van der Waals surface area contributed by atoms with Crippen LogP contribution in [0.3, 0.4) is 0 Å². The highest BCUT2D eigenvalue weighted by Gasteiger charge is 2.36. The Bertz CT molecular complexity index is 315. The minimum absolute atomic E-state index is 0.130. The first-order valence-electron chi connectivity index (χ1n) is 8.36. The summed E-state index contributed by atoms with van der Waals surface area (Å²) in [5.74, 6) is -0.233. The molecule has 0 fully saturated rings. The van der Waals surface area contributed by atoms with Crippen molar-refractivity contribution in [1.29, 1.82) is 0 Å². The number of unbranched alkanes of at least 4 members (excludes halogenated alkanes) is 2. The van der Waals surface area contributed by atoms with E-state index in [-0.39, 0.29) is 11.4 Å². The summed E-state index contributed by atoms with van der Waals surface area (Å²) < 4.78 is 0. The maximum atomic E-state index is 12.4. The molecule has 0 aliphatic carbocycles. The van der Waals surface area contributed by atoms with Gasteiger partial charge in [-0.2, -0.15) is 4.89 Å². The van der Waals surface area contributed by atoms with Gasteiger partial charge in [0, 0.05) is 0 Å². The summed E-state index contributed by atoms with van der Waals surface area (Å²) >= 11 is 0. The summed E-state index contributed by atoms with van der Waals surface area (Å²) in [5.41, 5.74) is -0.774. The van der Waals surface area contributed by atoms with Crippen LogP contribution in [-0.2, 0) is 14.6 Å². The van der Waals surface area contributed by atoms with E-state index in [2.05, 4.69) is 27.7 Å². The molecule has 0 spiro atoms. The van der Waals surface area contributed by atoms with Crippen molar-refractivity contribution in [2.45, 2.75) is 99.5 Å². The van der Waals surface area contributed by atoms with E-state index in [9.17, 15) is 4.79 Å². The lowest BCUT2D eigenvalue weighted by Gasteiger charge is -2.32. The molecule has 1 unspecified atom stereocenters. The van der Waals surface area contributed by atoms with Crippen molar-refractivity contribution >= 4 is 5.97 Å². The van der Waals surface area contributed by atoms with Crippen molar-refractivity contribution in [2.75, 3.05) is 0 Å². The van der Waals surface area contributed by atoms with Gasteiger partial charge in [0.05, 0.1) is 5.41 Å². The van der Waals surface area contributed by atoms with Crippen LogP contribution in [0.15, 0.2) is 0 Å². The molecule has 0 aromatic heterocycles. The summed E-state index contributed by atoms with van der Waals surface area (Å²) in [5, 5.41) is 0. The molecule has 21 heavy (non-hydrogen) atoms. The van der Waals surface area contributed by atoms with Crippen LogP contribution in [0.5, 0.6) is 0 Å². The third-order valence-electron chi connectivity index (χ3n) is 3.90. The van der Waals surface area contributed by atoms with Crippen molar-refractivity contribution < 1.29 is 14.6 Å². The molecule has 0 saturated carbocycles. The quantitative estimate of drug-likeness (QED) is 0.312. The van der Waals surface area contributed by atoms with E-state index in [1.165, 1.54) is 0 Å². The molecule has 0 aliphatic rings. The van der Waals surface area contributed by atoms with Crippen LogP contribution in [-0.4, -0.2) is 11.6 Å². The zero-order chi connectivity index (χ0) is 16.7. The van der Waals surface area contributed by atoms with Crippen LogP contribution in [0.25, 0.3) is 0 Å². The van der Waals surface area contributed by atoms with Crippen LogP contribution < -0.4 is 0 Å². The Morgan fingerprint density at radius 1 is 0.952 bits per heavy atom. The van der Waals surface area contributed by atoms with Gasteiger partial charge in [0.15, 0.2) is 0 Å². The fraction of sp³-hybridized carbons (Fsp3) is 0.944. The summed E-state index contributed by atoms with van der Waals surface area (Å²) in [6.07, 6.45) is 5.83. The summed E-state index contributed by atoms with van der Waals surface area (Å²) in [7, 11) is 0. The van der Waals surface area contributed by atoms with E-state index in [0.29, 0.717) is 0 Å². The molecule has 3 heteroatoms. The minimum Gasteiger partial charge on any atom is -0.297 e. The van der Waals surface area contributed by atoms with Gasteiger partial charge in [0.2, 0.25) is 0 Å². The topological polar surface area (TPSA) is 35.5 Å². The van der Waals surface area contributed by atoms with Gasteiger partial charge in [-0.25, -0.2) is 4.79 Å². The third-order valence-corrected chi connectivity index (χ3v) is 3.90. The van der Waals surface area contributed by atoms with Crippen molar-refractivity contribution in [3.8, 4) is 0 Å². The molecule has 0 saturated heterocycles. The predicted octanol–water partition coefficient (Wildman–Crippen LogP) is 5.67. The van der Waals surface area contributed by atoms with Crippen molar-refractivity contribution in [2.24, 2.45) is 10.8 Å². The number of carbonyl (C=O) groups excluding carboxylic acids is 1. The maximum Gasteiger partial charge on any atom is 0.348 e. The van der Waals surface area contributed by atoms with Gasteiger partial charge in [0.25, 0.3) is 0 Å². The Morgan fingerprint density at radius 3 is 1.95 bits per heavy atom. The molecular formula is C18H36O3. The molecule has 0 radical (unpaired) electrons. The molecular weight excluding hydrogens is 264 g/mol. The van der Waals surface area contributed by atoms with Gasteiger partial charge in [-0.15, -0.1) is 0 Å². The van der Waals surface area contributed by atoms with Gasteiger partial charge in [-0.1, -0.05) is 53.9 Å². The number of hydrogen-bond acceptors (Lipinski definition) is 3. The molecule has 0 N–H and O–H groups in total. The first-order chi connectivity index (χ1) is 9.46. The highest BCUT2D eigenvalue weighted by Crippen LogP contribution is 2.33. The second-order valence-electron chi connectivity index (χ2n) is 8.32. The lowest BCUT2D eigenvalue weighted by atomic mass is 9.82. The number of rotatable bonds is 9. The molecule has 0 heterocycles. The van der Waals surface area contributed by atoms with E-state index in [1.54, 1.807) is 0 Å². The second kappa shape index (κ2) is 8.17. The van der Waals surface area contributed by atoms with E-state index in [4.69, 9.17) is 9.78 Å². The molecule has 0 aromatic carbocycles. The van der Waals surface area contributed by atoms with Gasteiger partial charge >= 0.3 is 5.97 Å². The molecule has 0 aliphatic heterocycles. The van der Waals surface area contributed by atoms with Crippen LogP contribution >= 0.6 is 0 Å². The summed E-state index contributed by atoms with van der Waals surface area (Å²) in [6.45, 7) is 16.6. The first kappa shape index (κ1) is 20.4. The average Bonchev–Trinajstić information content (AvgIpc) is 2.33. The van der Waals surface area contributed by atoms with Crippen LogP contribution in [0, 0.1) is 10.8 Å². The second-order valence-corrected chi connectivity index (χ2v) is 8.32. The van der Waals surface area contributed by atoms with Crippen molar-refractivity contribution in [3.05, 3.63) is 0 Å². The monoisotopic (exact) mass is 300 g/mol. The van der Waals surface area contributed by atoms with Gasteiger partial charge in [-0.3, -0.25) is 4.89 Å². The van der Waals surface area contributed by atoms with E-state index < -0.39 is 11.0 Å². The number of hydrogen-bond donors (Lipinski definition) is 0. The Kier molecular flexibility index (Phi) is 7.94. The summed E-state index contributed by atoms with van der Waals surface area (Å²) in [6, 6.07) is 0. The standard InChI is InChI=1S/C18H36O3/c1-9-11-12-13-18(8,10-2)15(19)20-21-17(6,7)14-16(3,4)5/h9-14H2,1-8H3. The van der Waals surface area contributed by atoms with Gasteiger partial charge in [-0.05, 0) is 45.4 Å². The Morgan fingerprint density at radius 2 is 1.52 bits per heavy atom. The maximum absolute atomic E-state index is 12.4. The fourth-order valence-corrected chi connectivity index (χ4v) is 2.75. The van der Waals surface area contributed by atoms with Crippen LogP contribution in [0.1, 0.15) is 93.9 Å².